The van der Waals surface area contributed by atoms with Crippen LogP contribution in [0.25, 0.3) is 11.3 Å². The maximum Gasteiger partial charge on any atom is 0.175 e. The van der Waals surface area contributed by atoms with E-state index in [9.17, 15) is 4.39 Å². The van der Waals surface area contributed by atoms with Crippen LogP contribution in [0.2, 0.25) is 0 Å². The fourth-order valence-corrected chi connectivity index (χ4v) is 2.02. The van der Waals surface area contributed by atoms with Gasteiger partial charge >= 0.3 is 0 Å². The molecule has 2 nitrogen and oxygen atoms in total. The van der Waals surface area contributed by atoms with Crippen molar-refractivity contribution in [2.24, 2.45) is 0 Å². The number of H-pyrrole nitrogens is 1. The standard InChI is InChI=1S/C12H12BrFN2/c1-7(2)10-11(16-12(13)15-10)8-4-3-5-9(14)6-8/h3-7H,1-2H3,(H,15,16). The SMILES string of the molecule is CC(C)c1[nH]c(Br)nc1-c1cccc(F)c1. The molecule has 2 rings (SSSR count). The Morgan fingerprint density at radius 1 is 1.38 bits per heavy atom. The first kappa shape index (κ1) is 11.3. The van der Waals surface area contributed by atoms with Crippen molar-refractivity contribution in [3.05, 3.63) is 40.5 Å². The van der Waals surface area contributed by atoms with Crippen molar-refractivity contribution >= 4 is 15.9 Å². The maximum atomic E-state index is 13.1. The molecule has 0 radical (unpaired) electrons. The number of nitrogens with zero attached hydrogens (tertiary/aromatic N) is 1. The van der Waals surface area contributed by atoms with Gasteiger partial charge in [0, 0.05) is 11.3 Å². The topological polar surface area (TPSA) is 28.7 Å². The zero-order valence-electron chi connectivity index (χ0n) is 9.09. The predicted molar refractivity (Wildman–Crippen MR) is 65.8 cm³/mol. The number of benzene rings is 1. The Morgan fingerprint density at radius 3 is 2.75 bits per heavy atom. The maximum absolute atomic E-state index is 13.1. The summed E-state index contributed by atoms with van der Waals surface area (Å²) in [5.41, 5.74) is 2.62. The highest BCUT2D eigenvalue weighted by Gasteiger charge is 2.14. The average Bonchev–Trinajstić information content (AvgIpc) is 2.60. The molecule has 1 N–H and O–H groups in total. The highest BCUT2D eigenvalue weighted by atomic mass is 79.9. The van der Waals surface area contributed by atoms with Gasteiger partial charge in [0.2, 0.25) is 0 Å². The summed E-state index contributed by atoms with van der Waals surface area (Å²) in [5, 5.41) is 0. The second kappa shape index (κ2) is 4.37. The highest BCUT2D eigenvalue weighted by Crippen LogP contribution is 2.28. The van der Waals surface area contributed by atoms with E-state index in [2.05, 4.69) is 39.7 Å². The van der Waals surface area contributed by atoms with Gasteiger partial charge in [0.25, 0.3) is 0 Å². The number of nitrogens with one attached hydrogen (secondary N) is 1. The molecular formula is C12H12BrFN2. The van der Waals surface area contributed by atoms with Crippen LogP contribution in [0.4, 0.5) is 4.39 Å². The summed E-state index contributed by atoms with van der Waals surface area (Å²) < 4.78 is 13.8. The predicted octanol–water partition coefficient (Wildman–Crippen LogP) is 4.10. The second-order valence-corrected chi connectivity index (χ2v) is 4.71. The summed E-state index contributed by atoms with van der Waals surface area (Å²) in [4.78, 5) is 7.48. The van der Waals surface area contributed by atoms with Crippen molar-refractivity contribution in [1.82, 2.24) is 9.97 Å². The van der Waals surface area contributed by atoms with Crippen molar-refractivity contribution in [3.63, 3.8) is 0 Å². The number of halogens is 2. The molecule has 0 saturated carbocycles. The largest absolute Gasteiger partial charge is 0.336 e. The molecule has 0 spiro atoms. The zero-order valence-corrected chi connectivity index (χ0v) is 10.7. The quantitative estimate of drug-likeness (QED) is 0.883. The summed E-state index contributed by atoms with van der Waals surface area (Å²) in [7, 11) is 0. The number of hydrogen-bond acceptors (Lipinski definition) is 1. The lowest BCUT2D eigenvalue weighted by Crippen LogP contribution is -1.91. The van der Waals surface area contributed by atoms with Gasteiger partial charge in [0.15, 0.2) is 4.73 Å². The molecule has 16 heavy (non-hydrogen) atoms. The first-order chi connectivity index (χ1) is 7.58. The third-order valence-corrected chi connectivity index (χ3v) is 2.75. The molecule has 84 valence electrons. The van der Waals surface area contributed by atoms with Crippen LogP contribution in [0.1, 0.15) is 25.5 Å². The van der Waals surface area contributed by atoms with E-state index < -0.39 is 0 Å². The minimum absolute atomic E-state index is 0.244. The number of aromatic nitrogens is 2. The van der Waals surface area contributed by atoms with Crippen molar-refractivity contribution in [3.8, 4) is 11.3 Å². The number of imidazole rings is 1. The van der Waals surface area contributed by atoms with E-state index in [1.807, 2.05) is 6.07 Å². The van der Waals surface area contributed by atoms with E-state index in [-0.39, 0.29) is 5.82 Å². The first-order valence-corrected chi connectivity index (χ1v) is 5.88. The van der Waals surface area contributed by atoms with E-state index in [0.29, 0.717) is 10.7 Å². The van der Waals surface area contributed by atoms with E-state index in [1.54, 1.807) is 6.07 Å². The Kier molecular flexibility index (Phi) is 3.10. The Labute approximate surface area is 102 Å². The van der Waals surface area contributed by atoms with Gasteiger partial charge in [-0.1, -0.05) is 26.0 Å². The van der Waals surface area contributed by atoms with Crippen LogP contribution in [-0.2, 0) is 0 Å². The zero-order chi connectivity index (χ0) is 11.7. The van der Waals surface area contributed by atoms with Gasteiger partial charge in [-0.2, -0.15) is 0 Å². The van der Waals surface area contributed by atoms with Gasteiger partial charge in [0.05, 0.1) is 5.69 Å². The van der Waals surface area contributed by atoms with Crippen LogP contribution in [0, 0.1) is 5.82 Å². The third-order valence-electron chi connectivity index (χ3n) is 2.38. The summed E-state index contributed by atoms with van der Waals surface area (Å²) in [6.45, 7) is 4.14. The minimum Gasteiger partial charge on any atom is -0.336 e. The number of aromatic amines is 1. The molecule has 0 unspecified atom stereocenters. The monoisotopic (exact) mass is 282 g/mol. The van der Waals surface area contributed by atoms with Crippen molar-refractivity contribution in [1.29, 1.82) is 0 Å². The lowest BCUT2D eigenvalue weighted by Gasteiger charge is -2.05. The molecule has 0 saturated heterocycles. The summed E-state index contributed by atoms with van der Waals surface area (Å²) >= 11 is 3.31. The molecule has 4 heteroatoms. The molecule has 0 bridgehead atoms. The summed E-state index contributed by atoms with van der Waals surface area (Å²) in [6, 6.07) is 6.48. The van der Waals surface area contributed by atoms with E-state index in [4.69, 9.17) is 0 Å². The van der Waals surface area contributed by atoms with E-state index >= 15 is 0 Å². The Morgan fingerprint density at radius 2 is 2.12 bits per heavy atom. The molecule has 0 aliphatic rings. The van der Waals surface area contributed by atoms with Crippen LogP contribution in [-0.4, -0.2) is 9.97 Å². The number of rotatable bonds is 2. The normalized spacial score (nSPS) is 11.1. The Bertz CT molecular complexity index is 505. The molecule has 1 aromatic carbocycles. The average molecular weight is 283 g/mol. The third kappa shape index (κ3) is 2.16. The van der Waals surface area contributed by atoms with Crippen LogP contribution in [0.3, 0.4) is 0 Å². The van der Waals surface area contributed by atoms with Crippen LogP contribution < -0.4 is 0 Å². The van der Waals surface area contributed by atoms with Crippen LogP contribution in [0.5, 0.6) is 0 Å². The molecule has 1 heterocycles. The van der Waals surface area contributed by atoms with Gasteiger partial charge < -0.3 is 4.98 Å². The second-order valence-electron chi connectivity index (χ2n) is 3.95. The molecule has 0 aliphatic carbocycles. The van der Waals surface area contributed by atoms with Crippen LogP contribution >= 0.6 is 15.9 Å². The first-order valence-electron chi connectivity index (χ1n) is 5.09. The van der Waals surface area contributed by atoms with E-state index in [1.165, 1.54) is 12.1 Å². The molecule has 0 fully saturated rings. The Balaban J connectivity index is 2.55. The fraction of sp³-hybridized carbons (Fsp3) is 0.250. The van der Waals surface area contributed by atoms with Crippen LogP contribution in [0.15, 0.2) is 29.0 Å². The highest BCUT2D eigenvalue weighted by molar-refractivity contribution is 9.10. The van der Waals surface area contributed by atoms with Gasteiger partial charge in [-0.3, -0.25) is 0 Å². The number of hydrogen-bond donors (Lipinski definition) is 1. The minimum atomic E-state index is -0.244. The van der Waals surface area contributed by atoms with E-state index in [0.717, 1.165) is 17.0 Å². The van der Waals surface area contributed by atoms with Crippen molar-refractivity contribution in [2.45, 2.75) is 19.8 Å². The molecule has 0 aliphatic heterocycles. The lowest BCUT2D eigenvalue weighted by atomic mass is 10.0. The van der Waals surface area contributed by atoms with Crippen molar-refractivity contribution in [2.75, 3.05) is 0 Å². The molecule has 0 amide bonds. The summed E-state index contributed by atoms with van der Waals surface area (Å²) in [6.07, 6.45) is 0. The van der Waals surface area contributed by atoms with Gasteiger partial charge in [-0.05, 0) is 34.0 Å². The fourth-order valence-electron chi connectivity index (χ4n) is 1.63. The Hall–Kier alpha value is -1.16. The molecular weight excluding hydrogens is 271 g/mol. The molecule has 1 aromatic heterocycles. The lowest BCUT2D eigenvalue weighted by molar-refractivity contribution is 0.628. The van der Waals surface area contributed by atoms with Gasteiger partial charge in [0.1, 0.15) is 5.82 Å². The van der Waals surface area contributed by atoms with Gasteiger partial charge in [-0.15, -0.1) is 0 Å². The van der Waals surface area contributed by atoms with Crippen molar-refractivity contribution < 1.29 is 4.39 Å². The summed E-state index contributed by atoms with van der Waals surface area (Å²) in [5.74, 6) is 0.0726. The van der Waals surface area contributed by atoms with Gasteiger partial charge in [-0.25, -0.2) is 9.37 Å². The molecule has 2 aromatic rings. The smallest absolute Gasteiger partial charge is 0.175 e. The molecule has 0 atom stereocenters.